The first-order chi connectivity index (χ1) is 14.2. The second-order valence-electron chi connectivity index (χ2n) is 7.23. The van der Waals surface area contributed by atoms with Crippen LogP contribution in [0.15, 0.2) is 47.4 Å². The van der Waals surface area contributed by atoms with E-state index in [1.807, 2.05) is 6.92 Å². The van der Waals surface area contributed by atoms with Crippen LogP contribution < -0.4 is 10.1 Å². The predicted octanol–water partition coefficient (Wildman–Crippen LogP) is 3.28. The molecule has 3 rings (SSSR count). The maximum Gasteiger partial charge on any atom is 0.271 e. The molecule has 2 aromatic carbocycles. The van der Waals surface area contributed by atoms with Gasteiger partial charge in [-0.3, -0.25) is 14.9 Å². The fourth-order valence-corrected chi connectivity index (χ4v) is 4.99. The van der Waals surface area contributed by atoms with Crippen molar-refractivity contribution in [1.82, 2.24) is 4.31 Å². The largest absolute Gasteiger partial charge is 0.495 e. The van der Waals surface area contributed by atoms with Crippen LogP contribution in [0.2, 0.25) is 0 Å². The zero-order valence-electron chi connectivity index (χ0n) is 16.7. The molecule has 0 aliphatic carbocycles. The van der Waals surface area contributed by atoms with Crippen LogP contribution in [0.1, 0.15) is 30.1 Å². The van der Waals surface area contributed by atoms with Gasteiger partial charge in [-0.1, -0.05) is 6.92 Å². The number of nitrogens with zero attached hydrogens (tertiary/aromatic N) is 2. The molecule has 0 spiro atoms. The van der Waals surface area contributed by atoms with Crippen molar-refractivity contribution >= 4 is 27.3 Å². The molecule has 10 heteroatoms. The Kier molecular flexibility index (Phi) is 6.37. The lowest BCUT2D eigenvalue weighted by Gasteiger charge is -2.30. The first-order valence-electron chi connectivity index (χ1n) is 9.46. The van der Waals surface area contributed by atoms with E-state index in [9.17, 15) is 23.3 Å². The molecule has 30 heavy (non-hydrogen) atoms. The van der Waals surface area contributed by atoms with E-state index in [1.165, 1.54) is 53.9 Å². The molecule has 1 heterocycles. The number of rotatable bonds is 6. The molecule has 0 unspecified atom stereocenters. The summed E-state index contributed by atoms with van der Waals surface area (Å²) in [5.41, 5.74) is 0.175. The third-order valence-electron chi connectivity index (χ3n) is 5.02. The normalized spacial score (nSPS) is 17.3. The van der Waals surface area contributed by atoms with Crippen molar-refractivity contribution in [3.8, 4) is 5.75 Å². The molecule has 1 amide bonds. The number of carbonyl (C=O) groups is 1. The van der Waals surface area contributed by atoms with Crippen LogP contribution in [0.3, 0.4) is 0 Å². The molecule has 0 saturated carbocycles. The molecule has 2 aromatic rings. The van der Waals surface area contributed by atoms with Gasteiger partial charge in [-0.2, -0.15) is 4.31 Å². The van der Waals surface area contributed by atoms with Crippen molar-refractivity contribution in [3.63, 3.8) is 0 Å². The van der Waals surface area contributed by atoms with Gasteiger partial charge in [0.05, 0.1) is 22.6 Å². The van der Waals surface area contributed by atoms with E-state index < -0.39 is 20.9 Å². The van der Waals surface area contributed by atoms with Gasteiger partial charge in [0.15, 0.2) is 0 Å². The Morgan fingerprint density at radius 2 is 1.93 bits per heavy atom. The van der Waals surface area contributed by atoms with Crippen molar-refractivity contribution in [2.75, 3.05) is 25.5 Å². The van der Waals surface area contributed by atoms with Crippen LogP contribution in [0.25, 0.3) is 0 Å². The molecule has 0 radical (unpaired) electrons. The number of methoxy groups -OCH3 is 1. The molecule has 9 nitrogen and oxygen atoms in total. The molecule has 1 aliphatic rings. The highest BCUT2D eigenvalue weighted by atomic mass is 32.2. The Morgan fingerprint density at radius 1 is 1.23 bits per heavy atom. The number of nitro benzene ring substituents is 1. The van der Waals surface area contributed by atoms with Gasteiger partial charge in [-0.25, -0.2) is 8.42 Å². The first kappa shape index (κ1) is 21.7. The minimum absolute atomic E-state index is 0.126. The summed E-state index contributed by atoms with van der Waals surface area (Å²) in [7, 11) is -2.23. The van der Waals surface area contributed by atoms with E-state index in [-0.39, 0.29) is 27.6 Å². The second-order valence-corrected chi connectivity index (χ2v) is 9.17. The summed E-state index contributed by atoms with van der Waals surface area (Å²) in [6, 6.07) is 9.49. The quantitative estimate of drug-likeness (QED) is 0.552. The summed E-state index contributed by atoms with van der Waals surface area (Å²) in [6.45, 7) is 3.00. The van der Waals surface area contributed by atoms with Crippen LogP contribution in [0.5, 0.6) is 5.75 Å². The highest BCUT2D eigenvalue weighted by Gasteiger charge is 2.28. The monoisotopic (exact) mass is 433 g/mol. The molecule has 0 bridgehead atoms. The number of anilines is 1. The smallest absolute Gasteiger partial charge is 0.271 e. The van der Waals surface area contributed by atoms with Crippen LogP contribution in [-0.2, 0) is 10.0 Å². The fourth-order valence-electron chi connectivity index (χ4n) is 3.39. The Labute approximate surface area is 174 Å². The summed E-state index contributed by atoms with van der Waals surface area (Å²) < 4.78 is 32.3. The average molecular weight is 433 g/mol. The number of nitrogens with one attached hydrogen (secondary N) is 1. The van der Waals surface area contributed by atoms with Crippen LogP contribution >= 0.6 is 0 Å². The number of ether oxygens (including phenoxy) is 1. The van der Waals surface area contributed by atoms with Gasteiger partial charge in [0.2, 0.25) is 10.0 Å². The SMILES string of the molecule is COc1ccc([N+](=O)[O-])cc1NC(=O)c1ccc(S(=O)(=O)N2CCC[C@H](C)C2)cc1. The molecular formula is C20H23N3O6S. The number of non-ortho nitro benzene ring substituents is 1. The number of sulfonamides is 1. The highest BCUT2D eigenvalue weighted by molar-refractivity contribution is 7.89. The Balaban J connectivity index is 1.79. The average Bonchev–Trinajstić information content (AvgIpc) is 2.73. The second kappa shape index (κ2) is 8.80. The maximum atomic E-state index is 12.8. The summed E-state index contributed by atoms with van der Waals surface area (Å²) in [5, 5.41) is 13.6. The van der Waals surface area contributed by atoms with Crippen LogP contribution in [-0.4, -0.2) is 43.8 Å². The standard InChI is InChI=1S/C20H23N3O6S/c1-14-4-3-11-22(13-14)30(27,28)17-8-5-15(6-9-17)20(24)21-18-12-16(23(25)26)7-10-19(18)29-2/h5-10,12,14H,3-4,11,13H2,1-2H3,(H,21,24)/t14-/m0/s1. The van der Waals surface area contributed by atoms with E-state index in [0.717, 1.165) is 12.8 Å². The molecule has 1 fully saturated rings. The number of amides is 1. The molecule has 160 valence electrons. The van der Waals surface area contributed by atoms with Crippen molar-refractivity contribution in [2.45, 2.75) is 24.7 Å². The molecule has 1 aliphatic heterocycles. The van der Waals surface area contributed by atoms with Gasteiger partial charge in [0, 0.05) is 30.8 Å². The third kappa shape index (κ3) is 4.60. The number of piperidine rings is 1. The lowest BCUT2D eigenvalue weighted by atomic mass is 10.0. The highest BCUT2D eigenvalue weighted by Crippen LogP contribution is 2.29. The van der Waals surface area contributed by atoms with Gasteiger partial charge < -0.3 is 10.1 Å². The summed E-state index contributed by atoms with van der Waals surface area (Å²) in [5.74, 6) is 0.0418. The lowest BCUT2D eigenvalue weighted by molar-refractivity contribution is -0.384. The summed E-state index contributed by atoms with van der Waals surface area (Å²) >= 11 is 0. The van der Waals surface area contributed by atoms with Gasteiger partial charge in [-0.15, -0.1) is 0 Å². The number of hydrogen-bond donors (Lipinski definition) is 1. The van der Waals surface area contributed by atoms with Crippen LogP contribution in [0.4, 0.5) is 11.4 Å². The minimum atomic E-state index is -3.62. The predicted molar refractivity (Wildman–Crippen MR) is 111 cm³/mol. The molecule has 1 saturated heterocycles. The van der Waals surface area contributed by atoms with Gasteiger partial charge >= 0.3 is 0 Å². The lowest BCUT2D eigenvalue weighted by Crippen LogP contribution is -2.39. The maximum absolute atomic E-state index is 12.8. The Hall–Kier alpha value is -2.98. The van der Waals surface area contributed by atoms with Crippen LogP contribution in [0, 0.1) is 16.0 Å². The zero-order chi connectivity index (χ0) is 21.9. The van der Waals surface area contributed by atoms with Crippen molar-refractivity contribution in [1.29, 1.82) is 0 Å². The topological polar surface area (TPSA) is 119 Å². The first-order valence-corrected chi connectivity index (χ1v) is 10.9. The summed E-state index contributed by atoms with van der Waals surface area (Å²) in [4.78, 5) is 23.1. The number of nitro groups is 1. The zero-order valence-corrected chi connectivity index (χ0v) is 17.5. The molecule has 0 aromatic heterocycles. The fraction of sp³-hybridized carbons (Fsp3) is 0.350. The molecular weight excluding hydrogens is 410 g/mol. The number of hydrogen-bond acceptors (Lipinski definition) is 6. The Bertz CT molecular complexity index is 1050. The van der Waals surface area contributed by atoms with Crippen molar-refractivity contribution in [2.24, 2.45) is 5.92 Å². The van der Waals surface area contributed by atoms with E-state index in [0.29, 0.717) is 19.0 Å². The third-order valence-corrected chi connectivity index (χ3v) is 6.90. The number of carbonyl (C=O) groups excluding carboxylic acids is 1. The minimum Gasteiger partial charge on any atom is -0.495 e. The van der Waals surface area contributed by atoms with Crippen molar-refractivity contribution < 1.29 is 22.9 Å². The van der Waals surface area contributed by atoms with Gasteiger partial charge in [0.1, 0.15) is 5.75 Å². The van der Waals surface area contributed by atoms with E-state index in [4.69, 9.17) is 4.74 Å². The van der Waals surface area contributed by atoms with E-state index in [2.05, 4.69) is 5.32 Å². The van der Waals surface area contributed by atoms with Gasteiger partial charge in [-0.05, 0) is 49.1 Å². The van der Waals surface area contributed by atoms with E-state index >= 15 is 0 Å². The van der Waals surface area contributed by atoms with E-state index in [1.54, 1.807) is 0 Å². The van der Waals surface area contributed by atoms with Gasteiger partial charge in [0.25, 0.3) is 11.6 Å². The molecule has 1 N–H and O–H groups in total. The number of benzene rings is 2. The molecule has 1 atom stereocenters. The van der Waals surface area contributed by atoms with Crippen molar-refractivity contribution in [3.05, 3.63) is 58.1 Å². The summed E-state index contributed by atoms with van der Waals surface area (Å²) in [6.07, 6.45) is 1.83. The Morgan fingerprint density at radius 3 is 2.53 bits per heavy atom.